The molecule has 3 unspecified atom stereocenters. The number of H-pyrrole nitrogens is 1. The predicted molar refractivity (Wildman–Crippen MR) is 147 cm³/mol. The summed E-state index contributed by atoms with van der Waals surface area (Å²) < 4.78 is 13.0. The molecule has 5 nitrogen and oxygen atoms in total. The number of aromatic amines is 1. The first-order valence-corrected chi connectivity index (χ1v) is 13.1. The highest BCUT2D eigenvalue weighted by molar-refractivity contribution is 6.53. The van der Waals surface area contributed by atoms with Gasteiger partial charge in [0, 0.05) is 50.4 Å². The Bertz CT molecular complexity index is 1490. The van der Waals surface area contributed by atoms with Gasteiger partial charge in [0.05, 0.1) is 16.8 Å². The van der Waals surface area contributed by atoms with Crippen molar-refractivity contribution in [3.05, 3.63) is 86.9 Å². The van der Waals surface area contributed by atoms with E-state index in [-0.39, 0.29) is 17.1 Å². The fourth-order valence-electron chi connectivity index (χ4n) is 4.68. The molecule has 37 heavy (non-hydrogen) atoms. The van der Waals surface area contributed by atoms with Crippen molar-refractivity contribution in [2.45, 2.75) is 23.6 Å². The van der Waals surface area contributed by atoms with Crippen molar-refractivity contribution in [1.82, 2.24) is 10.3 Å². The molecule has 0 aliphatic heterocycles. The van der Waals surface area contributed by atoms with Gasteiger partial charge in [-0.25, -0.2) is 4.39 Å². The van der Waals surface area contributed by atoms with Crippen LogP contribution in [0, 0.1) is 17.2 Å². The molecule has 2 aliphatic carbocycles. The Balaban J connectivity index is 1.31. The van der Waals surface area contributed by atoms with Crippen LogP contribution in [-0.2, 0) is 9.59 Å². The second-order valence-corrected chi connectivity index (χ2v) is 12.1. The average molecular weight is 602 g/mol. The smallest absolute Gasteiger partial charge is 0.236 e. The van der Waals surface area contributed by atoms with E-state index in [0.29, 0.717) is 32.2 Å². The topological polar surface area (TPSA) is 74.0 Å². The van der Waals surface area contributed by atoms with Gasteiger partial charge in [-0.1, -0.05) is 34.8 Å². The van der Waals surface area contributed by atoms with Gasteiger partial charge in [-0.05, 0) is 61.0 Å². The molecule has 0 radical (unpaired) electrons. The monoisotopic (exact) mass is 599 g/mol. The minimum atomic E-state index is -1.35. The maximum atomic E-state index is 14.4. The molecule has 3 N–H and O–H groups in total. The van der Waals surface area contributed by atoms with Gasteiger partial charge in [-0.15, -0.1) is 23.2 Å². The summed E-state index contributed by atoms with van der Waals surface area (Å²) in [7, 11) is 0. The van der Waals surface area contributed by atoms with E-state index in [1.54, 1.807) is 55.6 Å². The molecule has 2 aromatic carbocycles. The van der Waals surface area contributed by atoms with Gasteiger partial charge in [0.15, 0.2) is 0 Å². The molecule has 3 aromatic rings. The van der Waals surface area contributed by atoms with Gasteiger partial charge in [0.1, 0.15) is 10.2 Å². The van der Waals surface area contributed by atoms with Gasteiger partial charge in [0.25, 0.3) is 0 Å². The molecule has 3 atom stereocenters. The van der Waals surface area contributed by atoms with E-state index in [0.717, 1.165) is 0 Å². The number of halogens is 6. The molecule has 0 bridgehead atoms. The van der Waals surface area contributed by atoms with Crippen LogP contribution in [-0.4, -0.2) is 21.1 Å². The van der Waals surface area contributed by atoms with Crippen LogP contribution in [0.25, 0.3) is 10.9 Å². The molecule has 11 heteroatoms. The van der Waals surface area contributed by atoms with E-state index >= 15 is 0 Å². The Morgan fingerprint density at radius 1 is 1.03 bits per heavy atom. The Labute approximate surface area is 236 Å². The van der Waals surface area contributed by atoms with Crippen LogP contribution in [0.4, 0.5) is 10.1 Å². The lowest BCUT2D eigenvalue weighted by Gasteiger charge is -2.31. The number of carbonyl (C=O) groups excluding carboxylic acids is 2. The van der Waals surface area contributed by atoms with Crippen LogP contribution < -0.4 is 10.6 Å². The van der Waals surface area contributed by atoms with Crippen LogP contribution in [0.2, 0.25) is 10.0 Å². The van der Waals surface area contributed by atoms with Crippen LogP contribution in [0.1, 0.15) is 24.8 Å². The normalized spacial score (nSPS) is 24.3. The lowest BCUT2D eigenvalue weighted by atomic mass is 9.80. The number of hydrogen-bond acceptors (Lipinski definition) is 2. The first-order valence-electron chi connectivity index (χ1n) is 11.2. The molecule has 1 fully saturated rings. The third-order valence-corrected chi connectivity index (χ3v) is 8.66. The fraction of sp³-hybridized carbons (Fsp3) is 0.231. The van der Waals surface area contributed by atoms with E-state index in [1.807, 2.05) is 0 Å². The Hall–Kier alpha value is -2.22. The lowest BCUT2D eigenvalue weighted by Crippen LogP contribution is -2.39. The van der Waals surface area contributed by atoms with Gasteiger partial charge in [-0.3, -0.25) is 9.59 Å². The third-order valence-electron chi connectivity index (χ3n) is 6.74. The Morgan fingerprint density at radius 3 is 2.43 bits per heavy atom. The summed E-state index contributed by atoms with van der Waals surface area (Å²) in [6, 6.07) is 9.40. The van der Waals surface area contributed by atoms with Crippen LogP contribution in [0.5, 0.6) is 0 Å². The zero-order valence-electron chi connectivity index (χ0n) is 19.1. The van der Waals surface area contributed by atoms with Crippen LogP contribution in [0.3, 0.4) is 0 Å². The minimum absolute atomic E-state index is 0.0884. The standard InChI is InChI=1S/C26H19Cl5FN3O2/c1-25(24(37)35-16-9-18(32)17-4-5-33-19(17)10-16)11-15(2-3-20(25)29)34-23(36)22-21(26(22,30)31)12-6-13(27)8-14(28)7-12/h2-10,21-22,33H,11H2,1H3,(H,34,36)(H,35,37). The SMILES string of the molecule is CC1(C(=O)Nc2cc(F)c3cc[nH]c3c2)CC(NC(=O)C2C(c3cc(Cl)cc(Cl)c3)C2(Cl)Cl)=CC=C1Cl. The maximum absolute atomic E-state index is 14.4. The van der Waals surface area contributed by atoms with E-state index in [4.69, 9.17) is 58.0 Å². The summed E-state index contributed by atoms with van der Waals surface area (Å²) in [6.45, 7) is 1.64. The summed E-state index contributed by atoms with van der Waals surface area (Å²) in [5, 5.41) is 7.07. The third kappa shape index (κ3) is 4.86. The molecule has 2 amide bonds. The van der Waals surface area contributed by atoms with Crippen molar-refractivity contribution in [2.75, 3.05) is 5.32 Å². The van der Waals surface area contributed by atoms with Crippen molar-refractivity contribution in [3.8, 4) is 0 Å². The number of alkyl halides is 2. The number of allylic oxidation sites excluding steroid dienone is 3. The highest BCUT2D eigenvalue weighted by Crippen LogP contribution is 2.65. The zero-order chi connectivity index (χ0) is 26.7. The summed E-state index contributed by atoms with van der Waals surface area (Å²) in [6.07, 6.45) is 4.87. The van der Waals surface area contributed by atoms with Crippen LogP contribution in [0.15, 0.2) is 65.5 Å². The van der Waals surface area contributed by atoms with E-state index in [1.165, 1.54) is 6.07 Å². The molecule has 2 aliphatic rings. The molecule has 1 saturated carbocycles. The number of benzene rings is 2. The first kappa shape index (κ1) is 26.4. The highest BCUT2D eigenvalue weighted by atomic mass is 35.5. The van der Waals surface area contributed by atoms with Crippen molar-refractivity contribution in [2.24, 2.45) is 11.3 Å². The van der Waals surface area contributed by atoms with Gasteiger partial charge < -0.3 is 15.6 Å². The van der Waals surface area contributed by atoms with Crippen molar-refractivity contribution < 1.29 is 14.0 Å². The highest BCUT2D eigenvalue weighted by Gasteiger charge is 2.67. The second kappa shape index (κ2) is 9.51. The van der Waals surface area contributed by atoms with Crippen molar-refractivity contribution in [3.63, 3.8) is 0 Å². The van der Waals surface area contributed by atoms with Crippen molar-refractivity contribution >= 4 is 86.4 Å². The molecule has 1 aromatic heterocycles. The number of rotatable bonds is 5. The number of anilines is 1. The molecule has 0 spiro atoms. The number of carbonyl (C=O) groups is 2. The maximum Gasteiger partial charge on any atom is 0.236 e. The minimum Gasteiger partial charge on any atom is -0.361 e. The summed E-state index contributed by atoms with van der Waals surface area (Å²) >= 11 is 31.6. The summed E-state index contributed by atoms with van der Waals surface area (Å²) in [5.41, 5.74) is 0.709. The molecular weight excluding hydrogens is 583 g/mol. The summed E-state index contributed by atoms with van der Waals surface area (Å²) in [5.74, 6) is -2.61. The summed E-state index contributed by atoms with van der Waals surface area (Å²) in [4.78, 5) is 29.4. The Morgan fingerprint density at radius 2 is 1.73 bits per heavy atom. The lowest BCUT2D eigenvalue weighted by molar-refractivity contribution is -0.124. The Kier molecular flexibility index (Phi) is 6.78. The first-order chi connectivity index (χ1) is 17.4. The second-order valence-electron chi connectivity index (χ2n) is 9.39. The van der Waals surface area contributed by atoms with Crippen molar-refractivity contribution in [1.29, 1.82) is 0 Å². The van der Waals surface area contributed by atoms with Crippen LogP contribution >= 0.6 is 58.0 Å². The molecule has 192 valence electrons. The number of aromatic nitrogens is 1. The van der Waals surface area contributed by atoms with E-state index in [9.17, 15) is 14.0 Å². The fourth-order valence-corrected chi connectivity index (χ4v) is 6.26. The number of nitrogens with one attached hydrogen (secondary N) is 3. The quantitative estimate of drug-likeness (QED) is 0.263. The average Bonchev–Trinajstić information content (AvgIpc) is 3.11. The predicted octanol–water partition coefficient (Wildman–Crippen LogP) is 7.67. The number of amides is 2. The molecule has 0 saturated heterocycles. The number of fused-ring (bicyclic) bond motifs is 1. The van der Waals surface area contributed by atoms with E-state index in [2.05, 4.69) is 15.6 Å². The van der Waals surface area contributed by atoms with Gasteiger partial charge in [-0.2, -0.15) is 0 Å². The van der Waals surface area contributed by atoms with E-state index < -0.39 is 39.2 Å². The molecule has 1 heterocycles. The largest absolute Gasteiger partial charge is 0.361 e. The van der Waals surface area contributed by atoms with Gasteiger partial charge in [0.2, 0.25) is 11.8 Å². The molecule has 5 rings (SSSR count). The molecular formula is C26H19Cl5FN3O2. The van der Waals surface area contributed by atoms with Gasteiger partial charge >= 0.3 is 0 Å². The number of hydrogen-bond donors (Lipinski definition) is 3. The zero-order valence-corrected chi connectivity index (χ0v) is 22.9.